The van der Waals surface area contributed by atoms with Crippen molar-refractivity contribution >= 4 is 5.97 Å². The number of aromatic nitrogens is 1. The number of pyridine rings is 1. The van der Waals surface area contributed by atoms with Crippen molar-refractivity contribution < 1.29 is 14.6 Å². The van der Waals surface area contributed by atoms with Crippen LogP contribution in [0.3, 0.4) is 0 Å². The van der Waals surface area contributed by atoms with Crippen molar-refractivity contribution in [3.8, 4) is 17.6 Å². The van der Waals surface area contributed by atoms with Crippen molar-refractivity contribution in [2.45, 2.75) is 0 Å². The van der Waals surface area contributed by atoms with Crippen LogP contribution in [0, 0.1) is 11.3 Å². The molecule has 0 atom stereocenters. The largest absolute Gasteiger partial charge is 0.477 e. The molecule has 18 heavy (non-hydrogen) atoms. The monoisotopic (exact) mass is 240 g/mol. The molecule has 2 aromatic rings. The predicted octanol–water partition coefficient (Wildman–Crippen LogP) is 2.44. The lowest BCUT2D eigenvalue weighted by Crippen LogP contribution is -1.99. The van der Waals surface area contributed by atoms with Gasteiger partial charge in [0.15, 0.2) is 5.69 Å². The molecule has 5 heteroatoms. The Hall–Kier alpha value is -2.87. The van der Waals surface area contributed by atoms with Crippen molar-refractivity contribution in [1.29, 1.82) is 5.26 Å². The van der Waals surface area contributed by atoms with E-state index in [4.69, 9.17) is 15.1 Å². The Morgan fingerprint density at radius 1 is 1.33 bits per heavy atom. The Kier molecular flexibility index (Phi) is 3.21. The average molecular weight is 240 g/mol. The lowest BCUT2D eigenvalue weighted by molar-refractivity contribution is 0.0690. The Morgan fingerprint density at radius 2 is 2.11 bits per heavy atom. The molecule has 0 aliphatic rings. The number of para-hydroxylation sites is 1. The molecular weight excluding hydrogens is 232 g/mol. The van der Waals surface area contributed by atoms with Crippen LogP contribution in [0.1, 0.15) is 16.1 Å². The van der Waals surface area contributed by atoms with Crippen LogP contribution >= 0.6 is 0 Å². The van der Waals surface area contributed by atoms with Crippen molar-refractivity contribution in [3.63, 3.8) is 0 Å². The minimum Gasteiger partial charge on any atom is -0.477 e. The molecule has 5 nitrogen and oxygen atoms in total. The molecule has 1 heterocycles. The van der Waals surface area contributed by atoms with E-state index in [1.165, 1.54) is 18.3 Å². The minimum absolute atomic E-state index is 0.109. The van der Waals surface area contributed by atoms with E-state index in [0.717, 1.165) is 0 Å². The first-order chi connectivity index (χ1) is 8.70. The SMILES string of the molecule is N#Cc1ccccc1Oc1ccnc(C(=O)O)c1. The molecule has 0 radical (unpaired) electrons. The second-order valence-electron chi connectivity index (χ2n) is 3.39. The number of carboxylic acids is 1. The van der Waals surface area contributed by atoms with E-state index in [0.29, 0.717) is 17.1 Å². The summed E-state index contributed by atoms with van der Waals surface area (Å²) in [5, 5.41) is 17.7. The van der Waals surface area contributed by atoms with E-state index < -0.39 is 5.97 Å². The third-order valence-electron chi connectivity index (χ3n) is 2.19. The summed E-state index contributed by atoms with van der Waals surface area (Å²) < 4.78 is 5.47. The number of rotatable bonds is 3. The van der Waals surface area contributed by atoms with Gasteiger partial charge >= 0.3 is 5.97 Å². The third-order valence-corrected chi connectivity index (χ3v) is 2.19. The summed E-state index contributed by atoms with van der Waals surface area (Å²) in [6.45, 7) is 0. The van der Waals surface area contributed by atoms with Crippen LogP contribution in [0.2, 0.25) is 0 Å². The van der Waals surface area contributed by atoms with Gasteiger partial charge in [-0.25, -0.2) is 9.78 Å². The van der Waals surface area contributed by atoms with Gasteiger partial charge < -0.3 is 9.84 Å². The molecule has 0 aliphatic heterocycles. The number of hydrogen-bond donors (Lipinski definition) is 1. The molecule has 0 amide bonds. The van der Waals surface area contributed by atoms with Gasteiger partial charge in [-0.15, -0.1) is 0 Å². The molecule has 0 saturated carbocycles. The molecule has 0 unspecified atom stereocenters. The summed E-state index contributed by atoms with van der Waals surface area (Å²) in [5.74, 6) is -0.429. The number of ether oxygens (including phenoxy) is 1. The Balaban J connectivity index is 2.32. The second-order valence-corrected chi connectivity index (χ2v) is 3.39. The maximum atomic E-state index is 10.8. The van der Waals surface area contributed by atoms with Gasteiger partial charge in [-0.1, -0.05) is 12.1 Å². The van der Waals surface area contributed by atoms with Gasteiger partial charge in [0.05, 0.1) is 5.56 Å². The molecule has 2 rings (SSSR count). The number of carboxylic acid groups (broad SMARTS) is 1. The van der Waals surface area contributed by atoms with Crippen LogP contribution < -0.4 is 4.74 Å². The number of nitriles is 1. The highest BCUT2D eigenvalue weighted by atomic mass is 16.5. The quantitative estimate of drug-likeness (QED) is 0.890. The van der Waals surface area contributed by atoms with Gasteiger partial charge in [0.25, 0.3) is 0 Å². The summed E-state index contributed by atoms with van der Waals surface area (Å²) in [6, 6.07) is 11.5. The van der Waals surface area contributed by atoms with E-state index in [1.54, 1.807) is 24.3 Å². The van der Waals surface area contributed by atoms with E-state index in [2.05, 4.69) is 4.98 Å². The number of nitrogens with zero attached hydrogens (tertiary/aromatic N) is 2. The zero-order valence-electron chi connectivity index (χ0n) is 9.20. The van der Waals surface area contributed by atoms with Gasteiger partial charge in [-0.3, -0.25) is 0 Å². The highest BCUT2D eigenvalue weighted by Gasteiger charge is 2.08. The van der Waals surface area contributed by atoms with Gasteiger partial charge in [0, 0.05) is 12.3 Å². The van der Waals surface area contributed by atoms with Crippen molar-refractivity contribution in [1.82, 2.24) is 4.98 Å². The Labute approximate surface area is 103 Å². The zero-order valence-corrected chi connectivity index (χ0v) is 9.20. The Bertz CT molecular complexity index is 632. The lowest BCUT2D eigenvalue weighted by Gasteiger charge is -2.07. The van der Waals surface area contributed by atoms with Crippen LogP contribution in [-0.2, 0) is 0 Å². The van der Waals surface area contributed by atoms with Crippen LogP contribution in [0.5, 0.6) is 11.5 Å². The first-order valence-corrected chi connectivity index (χ1v) is 5.07. The normalized spacial score (nSPS) is 9.50. The number of hydrogen-bond acceptors (Lipinski definition) is 4. The summed E-state index contributed by atoms with van der Waals surface area (Å²) >= 11 is 0. The predicted molar refractivity (Wildman–Crippen MR) is 62.4 cm³/mol. The summed E-state index contributed by atoms with van der Waals surface area (Å²) in [4.78, 5) is 14.4. The van der Waals surface area contributed by atoms with Crippen LogP contribution in [0.15, 0.2) is 42.6 Å². The third kappa shape index (κ3) is 2.44. The molecule has 0 fully saturated rings. The van der Waals surface area contributed by atoms with E-state index in [9.17, 15) is 4.79 Å². The number of benzene rings is 1. The molecule has 88 valence electrons. The van der Waals surface area contributed by atoms with Gasteiger partial charge in [0.1, 0.15) is 17.6 Å². The topological polar surface area (TPSA) is 83.2 Å². The highest BCUT2D eigenvalue weighted by Crippen LogP contribution is 2.24. The second kappa shape index (κ2) is 4.97. The van der Waals surface area contributed by atoms with Crippen LogP contribution in [0.4, 0.5) is 0 Å². The first-order valence-electron chi connectivity index (χ1n) is 5.07. The molecule has 1 aromatic carbocycles. The maximum absolute atomic E-state index is 10.8. The van der Waals surface area contributed by atoms with E-state index in [1.807, 2.05) is 6.07 Å². The van der Waals surface area contributed by atoms with Gasteiger partial charge in [-0.2, -0.15) is 5.26 Å². The lowest BCUT2D eigenvalue weighted by atomic mass is 10.2. The van der Waals surface area contributed by atoms with E-state index >= 15 is 0 Å². The maximum Gasteiger partial charge on any atom is 0.354 e. The molecule has 0 bridgehead atoms. The molecule has 0 spiro atoms. The molecule has 1 N–H and O–H groups in total. The number of carbonyl (C=O) groups is 1. The first kappa shape index (κ1) is 11.6. The van der Waals surface area contributed by atoms with Crippen molar-refractivity contribution in [2.75, 3.05) is 0 Å². The summed E-state index contributed by atoms with van der Waals surface area (Å²) in [7, 11) is 0. The summed E-state index contributed by atoms with van der Waals surface area (Å²) in [5.41, 5.74) is 0.271. The Morgan fingerprint density at radius 3 is 2.83 bits per heavy atom. The minimum atomic E-state index is -1.13. The van der Waals surface area contributed by atoms with Crippen LogP contribution in [0.25, 0.3) is 0 Å². The average Bonchev–Trinajstić information content (AvgIpc) is 2.39. The fourth-order valence-electron chi connectivity index (χ4n) is 1.37. The van der Waals surface area contributed by atoms with Gasteiger partial charge in [-0.05, 0) is 18.2 Å². The summed E-state index contributed by atoms with van der Waals surface area (Å²) in [6.07, 6.45) is 1.34. The molecule has 0 aliphatic carbocycles. The van der Waals surface area contributed by atoms with Crippen molar-refractivity contribution in [3.05, 3.63) is 53.9 Å². The molecule has 0 saturated heterocycles. The molecular formula is C13H8N2O3. The zero-order chi connectivity index (χ0) is 13.0. The number of aromatic carboxylic acids is 1. The highest BCUT2D eigenvalue weighted by molar-refractivity contribution is 5.85. The fourth-order valence-corrected chi connectivity index (χ4v) is 1.37. The fraction of sp³-hybridized carbons (Fsp3) is 0. The smallest absolute Gasteiger partial charge is 0.354 e. The van der Waals surface area contributed by atoms with Crippen LogP contribution in [-0.4, -0.2) is 16.1 Å². The van der Waals surface area contributed by atoms with Crippen molar-refractivity contribution in [2.24, 2.45) is 0 Å². The standard InChI is InChI=1S/C13H8N2O3/c14-8-9-3-1-2-4-12(9)18-10-5-6-15-11(7-10)13(16)17/h1-7H,(H,16,17). The molecule has 1 aromatic heterocycles. The van der Waals surface area contributed by atoms with Gasteiger partial charge in [0.2, 0.25) is 0 Å². The van der Waals surface area contributed by atoms with E-state index in [-0.39, 0.29) is 5.69 Å².